The lowest BCUT2D eigenvalue weighted by atomic mass is 10.0. The Hall–Kier alpha value is -2.20. The summed E-state index contributed by atoms with van der Waals surface area (Å²) >= 11 is 15.5. The first-order valence-corrected chi connectivity index (χ1v) is 9.28. The Kier molecular flexibility index (Phi) is 7.55. The van der Waals surface area contributed by atoms with Crippen LogP contribution in [0.4, 0.5) is 0 Å². The number of carboxylic acid groups (broad SMARTS) is 1. The van der Waals surface area contributed by atoms with E-state index in [1.165, 1.54) is 0 Å². The van der Waals surface area contributed by atoms with E-state index in [1.807, 2.05) is 0 Å². The Balaban J connectivity index is 2.49. The third-order valence-corrected chi connectivity index (χ3v) is 4.46. The largest absolute Gasteiger partial charge is 0.490 e. The fraction of sp³-hybridized carbons (Fsp3) is 0.158. The first-order chi connectivity index (χ1) is 12.8. The van der Waals surface area contributed by atoms with Crippen molar-refractivity contribution in [2.24, 2.45) is 0 Å². The van der Waals surface area contributed by atoms with Crippen molar-refractivity contribution in [1.82, 2.24) is 0 Å². The van der Waals surface area contributed by atoms with Crippen LogP contribution in [0.1, 0.15) is 18.1 Å². The quantitative estimate of drug-likeness (QED) is 0.415. The second kappa shape index (κ2) is 9.65. The van der Waals surface area contributed by atoms with Crippen molar-refractivity contribution >= 4 is 56.8 Å². The number of carbonyl (C=O) groups is 1. The summed E-state index contributed by atoms with van der Waals surface area (Å²) in [6.45, 7) is 1.65. The minimum absolute atomic E-state index is 0.277. The number of ether oxygens (including phenoxy) is 2. The van der Waals surface area contributed by atoms with Gasteiger partial charge in [0.1, 0.15) is 0 Å². The van der Waals surface area contributed by atoms with Gasteiger partial charge in [-0.25, -0.2) is 4.79 Å². The van der Waals surface area contributed by atoms with Crippen molar-refractivity contribution in [2.45, 2.75) is 6.92 Å². The standard InChI is InChI=1S/C19H14BrCl2NO4/c1-2-26-17-7-11(6-15(20)19(17)27-10-18(24)25)5-12(9-23)14-4-3-13(21)8-16(14)22/h3-8H,2,10H2,1H3,(H,24,25)/b12-5+. The monoisotopic (exact) mass is 469 g/mol. The van der Waals surface area contributed by atoms with Crippen molar-refractivity contribution in [2.75, 3.05) is 13.2 Å². The molecule has 27 heavy (non-hydrogen) atoms. The lowest BCUT2D eigenvalue weighted by Crippen LogP contribution is -2.10. The summed E-state index contributed by atoms with van der Waals surface area (Å²) in [5.41, 5.74) is 1.53. The Morgan fingerprint density at radius 3 is 2.63 bits per heavy atom. The van der Waals surface area contributed by atoms with Gasteiger partial charge in [0.2, 0.25) is 0 Å². The highest BCUT2D eigenvalue weighted by atomic mass is 79.9. The Labute approximate surface area is 174 Å². The molecule has 0 radical (unpaired) electrons. The summed E-state index contributed by atoms with van der Waals surface area (Å²) in [5, 5.41) is 19.2. The van der Waals surface area contributed by atoms with Gasteiger partial charge in [-0.2, -0.15) is 5.26 Å². The average molecular weight is 471 g/mol. The Morgan fingerprint density at radius 1 is 1.30 bits per heavy atom. The molecule has 2 aromatic rings. The van der Waals surface area contributed by atoms with E-state index in [1.54, 1.807) is 43.3 Å². The maximum Gasteiger partial charge on any atom is 0.341 e. The third kappa shape index (κ3) is 5.64. The molecule has 0 aliphatic carbocycles. The highest BCUT2D eigenvalue weighted by Gasteiger charge is 2.14. The molecule has 1 N–H and O–H groups in total. The van der Waals surface area contributed by atoms with Crippen LogP contribution >= 0.6 is 39.1 Å². The topological polar surface area (TPSA) is 79.5 Å². The summed E-state index contributed by atoms with van der Waals surface area (Å²) in [6.07, 6.45) is 1.64. The second-order valence-corrected chi connectivity index (χ2v) is 6.94. The Bertz CT molecular complexity index is 938. The zero-order valence-corrected chi connectivity index (χ0v) is 17.2. The molecular formula is C19H14BrCl2NO4. The fourth-order valence-corrected chi connectivity index (χ4v) is 3.34. The molecule has 8 heteroatoms. The van der Waals surface area contributed by atoms with Gasteiger partial charge in [-0.1, -0.05) is 29.3 Å². The van der Waals surface area contributed by atoms with Gasteiger partial charge in [-0.3, -0.25) is 0 Å². The predicted octanol–water partition coefficient (Wildman–Crippen LogP) is 5.68. The number of nitrogens with zero attached hydrogens (tertiary/aromatic N) is 1. The van der Waals surface area contributed by atoms with Crippen LogP contribution in [0.3, 0.4) is 0 Å². The van der Waals surface area contributed by atoms with Crippen LogP contribution in [0.2, 0.25) is 10.0 Å². The van der Waals surface area contributed by atoms with Crippen LogP contribution in [-0.4, -0.2) is 24.3 Å². The molecule has 0 aliphatic rings. The van der Waals surface area contributed by atoms with Crippen molar-refractivity contribution in [3.63, 3.8) is 0 Å². The number of hydrogen-bond acceptors (Lipinski definition) is 4. The lowest BCUT2D eigenvalue weighted by molar-refractivity contribution is -0.139. The predicted molar refractivity (Wildman–Crippen MR) is 108 cm³/mol. The molecule has 0 spiro atoms. The lowest BCUT2D eigenvalue weighted by Gasteiger charge is -2.14. The molecule has 2 rings (SSSR count). The first kappa shape index (κ1) is 21.1. The van der Waals surface area contributed by atoms with Crippen LogP contribution in [0, 0.1) is 11.3 Å². The molecule has 0 bridgehead atoms. The van der Waals surface area contributed by atoms with E-state index in [0.29, 0.717) is 43.6 Å². The molecule has 0 atom stereocenters. The van der Waals surface area contributed by atoms with E-state index in [0.717, 1.165) is 0 Å². The minimum Gasteiger partial charge on any atom is -0.490 e. The van der Waals surface area contributed by atoms with E-state index < -0.39 is 12.6 Å². The first-order valence-electron chi connectivity index (χ1n) is 7.73. The number of benzene rings is 2. The normalized spacial score (nSPS) is 11.0. The van der Waals surface area contributed by atoms with Crippen LogP contribution in [0.15, 0.2) is 34.8 Å². The molecule has 2 aromatic carbocycles. The maximum atomic E-state index is 10.8. The van der Waals surface area contributed by atoms with E-state index in [9.17, 15) is 10.1 Å². The van der Waals surface area contributed by atoms with Crippen LogP contribution in [-0.2, 0) is 4.79 Å². The Morgan fingerprint density at radius 2 is 2.04 bits per heavy atom. The molecular weight excluding hydrogens is 457 g/mol. The molecule has 0 heterocycles. The van der Waals surface area contributed by atoms with Crippen molar-refractivity contribution in [3.8, 4) is 17.6 Å². The van der Waals surface area contributed by atoms with Gasteiger partial charge in [0.05, 0.1) is 27.7 Å². The van der Waals surface area contributed by atoms with Gasteiger partial charge in [-0.05, 0) is 58.8 Å². The zero-order valence-electron chi connectivity index (χ0n) is 14.1. The second-order valence-electron chi connectivity index (χ2n) is 5.24. The number of rotatable bonds is 7. The summed E-state index contributed by atoms with van der Waals surface area (Å²) in [6, 6.07) is 10.4. The minimum atomic E-state index is -1.10. The summed E-state index contributed by atoms with van der Waals surface area (Å²) in [5.74, 6) is -0.462. The molecule has 140 valence electrons. The van der Waals surface area contributed by atoms with Crippen LogP contribution in [0.25, 0.3) is 11.6 Å². The van der Waals surface area contributed by atoms with Crippen LogP contribution in [0.5, 0.6) is 11.5 Å². The van der Waals surface area contributed by atoms with Gasteiger partial charge in [0.15, 0.2) is 18.1 Å². The molecule has 0 aromatic heterocycles. The summed E-state index contributed by atoms with van der Waals surface area (Å²) in [7, 11) is 0. The van der Waals surface area contributed by atoms with Gasteiger partial charge in [0, 0.05) is 10.6 Å². The highest BCUT2D eigenvalue weighted by molar-refractivity contribution is 9.10. The third-order valence-electron chi connectivity index (χ3n) is 3.32. The van der Waals surface area contributed by atoms with Crippen molar-refractivity contribution < 1.29 is 19.4 Å². The number of hydrogen-bond donors (Lipinski definition) is 1. The van der Waals surface area contributed by atoms with Crippen LogP contribution < -0.4 is 9.47 Å². The number of allylic oxidation sites excluding steroid dienone is 1. The molecule has 0 saturated carbocycles. The summed E-state index contributed by atoms with van der Waals surface area (Å²) in [4.78, 5) is 10.8. The van der Waals surface area contributed by atoms with E-state index in [2.05, 4.69) is 22.0 Å². The number of carboxylic acids is 1. The molecule has 5 nitrogen and oxygen atoms in total. The van der Waals surface area contributed by atoms with Crippen molar-refractivity contribution in [3.05, 3.63) is 56.0 Å². The van der Waals surface area contributed by atoms with Gasteiger partial charge in [-0.15, -0.1) is 0 Å². The fourth-order valence-electron chi connectivity index (χ4n) is 2.25. The van der Waals surface area contributed by atoms with E-state index in [-0.39, 0.29) is 5.75 Å². The molecule has 0 amide bonds. The van der Waals surface area contributed by atoms with Crippen molar-refractivity contribution in [1.29, 1.82) is 5.26 Å². The SMILES string of the molecule is CCOc1cc(/C=C(\C#N)c2ccc(Cl)cc2Cl)cc(Br)c1OCC(=O)O. The summed E-state index contributed by atoms with van der Waals surface area (Å²) < 4.78 is 11.3. The molecule has 0 saturated heterocycles. The highest BCUT2D eigenvalue weighted by Crippen LogP contribution is 2.38. The van der Waals surface area contributed by atoms with Gasteiger partial charge in [0.25, 0.3) is 0 Å². The van der Waals surface area contributed by atoms with Gasteiger partial charge < -0.3 is 14.6 Å². The van der Waals surface area contributed by atoms with E-state index in [4.69, 9.17) is 37.8 Å². The maximum absolute atomic E-state index is 10.8. The molecule has 0 fully saturated rings. The van der Waals surface area contributed by atoms with E-state index >= 15 is 0 Å². The number of aliphatic carboxylic acids is 1. The number of halogens is 3. The number of nitriles is 1. The molecule has 0 aliphatic heterocycles. The smallest absolute Gasteiger partial charge is 0.341 e. The molecule has 0 unspecified atom stereocenters. The average Bonchev–Trinajstić information content (AvgIpc) is 2.59. The zero-order chi connectivity index (χ0) is 20.0. The van der Waals surface area contributed by atoms with Gasteiger partial charge >= 0.3 is 5.97 Å².